The fraction of sp³-hybridized carbons (Fsp3) is 0.350. The van der Waals surface area contributed by atoms with Crippen LogP contribution in [-0.2, 0) is 11.3 Å². The largest absolute Gasteiger partial charge is 0.377 e. The summed E-state index contributed by atoms with van der Waals surface area (Å²) in [4.78, 5) is 19.6. The molecule has 1 aromatic carbocycles. The van der Waals surface area contributed by atoms with Crippen molar-refractivity contribution >= 4 is 28.0 Å². The fourth-order valence-corrected chi connectivity index (χ4v) is 4.22. The lowest BCUT2D eigenvalue weighted by atomic mass is 10.1. The first kappa shape index (κ1) is 16.5. The predicted octanol–water partition coefficient (Wildman–Crippen LogP) is 4.09. The van der Waals surface area contributed by atoms with Crippen molar-refractivity contribution in [2.75, 3.05) is 19.7 Å². The van der Waals surface area contributed by atoms with Crippen molar-refractivity contribution in [2.45, 2.75) is 25.5 Å². The maximum Gasteiger partial charge on any atom is 0.178 e. The summed E-state index contributed by atoms with van der Waals surface area (Å²) in [5.74, 6) is 0.159. The van der Waals surface area contributed by atoms with Gasteiger partial charge in [0.2, 0.25) is 0 Å². The van der Waals surface area contributed by atoms with Crippen molar-refractivity contribution < 1.29 is 9.53 Å². The van der Waals surface area contributed by atoms with Crippen LogP contribution in [-0.4, -0.2) is 41.5 Å². The molecule has 1 aliphatic heterocycles. The SMILES string of the molecule is O=C(CN(Cc1cccs1)CC1CCCO1)c1c[nH]c2ccccc12. The Morgan fingerprint density at radius 1 is 1.28 bits per heavy atom. The molecule has 0 radical (unpaired) electrons. The van der Waals surface area contributed by atoms with Crippen molar-refractivity contribution in [3.63, 3.8) is 0 Å². The third-order valence-corrected chi connectivity index (χ3v) is 5.56. The molecule has 1 unspecified atom stereocenters. The second-order valence-electron chi connectivity index (χ2n) is 6.56. The Hall–Kier alpha value is -1.95. The van der Waals surface area contributed by atoms with E-state index in [1.165, 1.54) is 4.88 Å². The van der Waals surface area contributed by atoms with Crippen LogP contribution in [0.3, 0.4) is 0 Å². The van der Waals surface area contributed by atoms with E-state index in [-0.39, 0.29) is 11.9 Å². The monoisotopic (exact) mass is 354 g/mol. The van der Waals surface area contributed by atoms with Gasteiger partial charge in [-0.05, 0) is 30.4 Å². The molecule has 1 N–H and O–H groups in total. The standard InChI is InChI=1S/C20H22N2O2S/c23-20(18-11-21-19-8-2-1-7-17(18)19)14-22(12-15-5-3-9-24-15)13-16-6-4-10-25-16/h1-2,4,6-8,10-11,15,21H,3,5,9,12-14H2. The summed E-state index contributed by atoms with van der Waals surface area (Å²) < 4.78 is 5.79. The molecule has 1 atom stereocenters. The lowest BCUT2D eigenvalue weighted by Crippen LogP contribution is -2.35. The summed E-state index contributed by atoms with van der Waals surface area (Å²) >= 11 is 1.74. The molecule has 3 heterocycles. The molecule has 4 rings (SSSR count). The molecule has 1 fully saturated rings. The van der Waals surface area contributed by atoms with Gasteiger partial charge in [-0.1, -0.05) is 24.3 Å². The van der Waals surface area contributed by atoms with Crippen LogP contribution in [0.4, 0.5) is 0 Å². The summed E-state index contributed by atoms with van der Waals surface area (Å²) in [5.41, 5.74) is 1.79. The molecule has 130 valence electrons. The molecular weight excluding hydrogens is 332 g/mol. The van der Waals surface area contributed by atoms with Crippen LogP contribution in [0, 0.1) is 0 Å². The summed E-state index contributed by atoms with van der Waals surface area (Å²) in [6, 6.07) is 12.1. The van der Waals surface area contributed by atoms with Crippen LogP contribution in [0.5, 0.6) is 0 Å². The molecule has 3 aromatic rings. The lowest BCUT2D eigenvalue weighted by Gasteiger charge is -2.24. The Morgan fingerprint density at radius 3 is 3.00 bits per heavy atom. The average Bonchev–Trinajstić information content (AvgIpc) is 3.36. The Balaban J connectivity index is 1.51. The second kappa shape index (κ2) is 7.52. The van der Waals surface area contributed by atoms with Gasteiger partial charge in [-0.3, -0.25) is 9.69 Å². The molecule has 5 heteroatoms. The van der Waals surface area contributed by atoms with Crippen molar-refractivity contribution in [3.8, 4) is 0 Å². The van der Waals surface area contributed by atoms with E-state index in [4.69, 9.17) is 4.74 Å². The zero-order valence-electron chi connectivity index (χ0n) is 14.1. The Bertz CT molecular complexity index is 834. The van der Waals surface area contributed by atoms with Crippen LogP contribution in [0.2, 0.25) is 0 Å². The maximum absolute atomic E-state index is 12.9. The van der Waals surface area contributed by atoms with Crippen molar-refractivity contribution in [2.24, 2.45) is 0 Å². The highest BCUT2D eigenvalue weighted by molar-refractivity contribution is 7.09. The lowest BCUT2D eigenvalue weighted by molar-refractivity contribution is 0.0653. The van der Waals surface area contributed by atoms with Gasteiger partial charge in [0.15, 0.2) is 5.78 Å². The molecular formula is C20H22N2O2S. The van der Waals surface area contributed by atoms with Gasteiger partial charge < -0.3 is 9.72 Å². The zero-order chi connectivity index (χ0) is 17.1. The zero-order valence-corrected chi connectivity index (χ0v) is 14.9. The number of hydrogen-bond acceptors (Lipinski definition) is 4. The number of hydrogen-bond donors (Lipinski definition) is 1. The molecule has 25 heavy (non-hydrogen) atoms. The number of benzene rings is 1. The number of H-pyrrole nitrogens is 1. The number of aromatic amines is 1. The summed E-state index contributed by atoms with van der Waals surface area (Å²) in [5, 5.41) is 3.09. The van der Waals surface area contributed by atoms with Crippen molar-refractivity contribution in [3.05, 3.63) is 58.4 Å². The van der Waals surface area contributed by atoms with Crippen LogP contribution in [0.25, 0.3) is 10.9 Å². The number of para-hydroxylation sites is 1. The number of aromatic nitrogens is 1. The molecule has 0 aliphatic carbocycles. The molecule has 4 nitrogen and oxygen atoms in total. The van der Waals surface area contributed by atoms with E-state index in [9.17, 15) is 4.79 Å². The number of rotatable bonds is 7. The first-order valence-electron chi connectivity index (χ1n) is 8.75. The smallest absolute Gasteiger partial charge is 0.178 e. The highest BCUT2D eigenvalue weighted by Gasteiger charge is 2.22. The minimum atomic E-state index is 0.159. The third kappa shape index (κ3) is 3.84. The highest BCUT2D eigenvalue weighted by Crippen LogP contribution is 2.21. The summed E-state index contributed by atoms with van der Waals surface area (Å²) in [7, 11) is 0. The molecule has 0 amide bonds. The van der Waals surface area contributed by atoms with Crippen molar-refractivity contribution in [1.29, 1.82) is 0 Å². The van der Waals surface area contributed by atoms with Gasteiger partial charge in [0.05, 0.1) is 12.6 Å². The van der Waals surface area contributed by atoms with Crippen LogP contribution < -0.4 is 0 Å². The van der Waals surface area contributed by atoms with Gasteiger partial charge in [0.25, 0.3) is 0 Å². The Morgan fingerprint density at radius 2 is 2.20 bits per heavy atom. The van der Waals surface area contributed by atoms with E-state index in [1.54, 1.807) is 11.3 Å². The van der Waals surface area contributed by atoms with E-state index in [1.807, 2.05) is 30.5 Å². The normalized spacial score (nSPS) is 17.6. The summed E-state index contributed by atoms with van der Waals surface area (Å²) in [6.45, 7) is 2.87. The molecule has 0 saturated carbocycles. The minimum absolute atomic E-state index is 0.159. The minimum Gasteiger partial charge on any atom is -0.377 e. The maximum atomic E-state index is 12.9. The highest BCUT2D eigenvalue weighted by atomic mass is 32.1. The van der Waals surface area contributed by atoms with Gasteiger partial charge in [0.1, 0.15) is 0 Å². The first-order chi connectivity index (χ1) is 12.3. The van der Waals surface area contributed by atoms with Gasteiger partial charge in [0, 0.05) is 47.2 Å². The average molecular weight is 354 g/mol. The van der Waals surface area contributed by atoms with E-state index < -0.39 is 0 Å². The van der Waals surface area contributed by atoms with E-state index in [2.05, 4.69) is 27.4 Å². The van der Waals surface area contributed by atoms with Crippen LogP contribution in [0.1, 0.15) is 28.1 Å². The number of nitrogens with zero attached hydrogens (tertiary/aromatic N) is 1. The Kier molecular flexibility index (Phi) is 4.97. The third-order valence-electron chi connectivity index (χ3n) is 4.70. The van der Waals surface area contributed by atoms with Gasteiger partial charge in [-0.2, -0.15) is 0 Å². The molecule has 2 aromatic heterocycles. The predicted molar refractivity (Wildman–Crippen MR) is 101 cm³/mol. The van der Waals surface area contributed by atoms with E-state index in [0.717, 1.165) is 49.0 Å². The van der Waals surface area contributed by atoms with Crippen molar-refractivity contribution in [1.82, 2.24) is 9.88 Å². The second-order valence-corrected chi connectivity index (χ2v) is 7.59. The van der Waals surface area contributed by atoms with Gasteiger partial charge in [-0.25, -0.2) is 0 Å². The number of nitrogens with one attached hydrogen (secondary N) is 1. The fourth-order valence-electron chi connectivity index (χ4n) is 3.47. The first-order valence-corrected chi connectivity index (χ1v) is 9.63. The number of Topliss-reactive ketones (excluding diaryl/α,β-unsaturated/α-hetero) is 1. The quantitative estimate of drug-likeness (QED) is 0.650. The number of ketones is 1. The number of carbonyl (C=O) groups excluding carboxylic acids is 1. The number of thiophene rings is 1. The van der Waals surface area contributed by atoms with Gasteiger partial charge >= 0.3 is 0 Å². The molecule has 0 spiro atoms. The van der Waals surface area contributed by atoms with Crippen LogP contribution in [0.15, 0.2) is 48.0 Å². The summed E-state index contributed by atoms with van der Waals surface area (Å²) in [6.07, 6.45) is 4.29. The van der Waals surface area contributed by atoms with E-state index in [0.29, 0.717) is 6.54 Å². The number of carbonyl (C=O) groups is 1. The molecule has 1 aliphatic rings. The molecule has 0 bridgehead atoms. The molecule has 1 saturated heterocycles. The van der Waals surface area contributed by atoms with Crippen LogP contribution >= 0.6 is 11.3 Å². The number of fused-ring (bicyclic) bond motifs is 1. The number of ether oxygens (including phenoxy) is 1. The Labute approximate surface area is 151 Å². The van der Waals surface area contributed by atoms with Gasteiger partial charge in [-0.15, -0.1) is 11.3 Å². The van der Waals surface area contributed by atoms with E-state index >= 15 is 0 Å². The topological polar surface area (TPSA) is 45.3 Å².